The van der Waals surface area contributed by atoms with Crippen LogP contribution in [0, 0.1) is 6.92 Å². The molecule has 0 spiro atoms. The Labute approximate surface area is 93.8 Å². The number of halogens is 3. The molecule has 0 radical (unpaired) electrons. The van der Waals surface area contributed by atoms with Crippen molar-refractivity contribution in [1.82, 2.24) is 4.98 Å². The number of aromatic nitrogens is 1. The Bertz CT molecular complexity index is 445. The largest absolute Gasteiger partial charge is 0.574 e. The van der Waals surface area contributed by atoms with Crippen molar-refractivity contribution in [2.75, 3.05) is 7.11 Å². The van der Waals surface area contributed by atoms with Crippen LogP contribution in [0.2, 0.25) is 0 Å². The number of pyridine rings is 1. The molecule has 0 aliphatic carbocycles. The van der Waals surface area contributed by atoms with Gasteiger partial charge in [0.15, 0.2) is 11.4 Å². The zero-order valence-corrected chi connectivity index (χ0v) is 8.83. The van der Waals surface area contributed by atoms with Crippen LogP contribution in [0.4, 0.5) is 13.2 Å². The Morgan fingerprint density at radius 2 is 2.06 bits per heavy atom. The summed E-state index contributed by atoms with van der Waals surface area (Å²) in [5, 5.41) is 8.66. The first-order chi connectivity index (χ1) is 7.74. The number of carbonyl (C=O) groups is 1. The number of aryl methyl sites for hydroxylation is 1. The average molecular weight is 251 g/mol. The molecule has 1 N–H and O–H groups in total. The van der Waals surface area contributed by atoms with Gasteiger partial charge in [0.05, 0.1) is 7.11 Å². The first-order valence-corrected chi connectivity index (χ1v) is 4.29. The minimum absolute atomic E-state index is 0.180. The van der Waals surface area contributed by atoms with Gasteiger partial charge in [-0.1, -0.05) is 0 Å². The molecule has 0 fully saturated rings. The third-order valence-electron chi connectivity index (χ3n) is 1.76. The van der Waals surface area contributed by atoms with Crippen LogP contribution in [0.5, 0.6) is 11.6 Å². The van der Waals surface area contributed by atoms with Crippen LogP contribution in [-0.4, -0.2) is 29.5 Å². The second kappa shape index (κ2) is 4.48. The molecule has 0 aromatic carbocycles. The molecule has 0 amide bonds. The minimum atomic E-state index is -4.97. The molecule has 94 valence electrons. The zero-order valence-electron chi connectivity index (χ0n) is 8.83. The number of alkyl halides is 3. The standard InChI is InChI=1S/C9H8F3NO4/c1-4-3-5(8(14)15)13-7(6(4)16-2)17-9(10,11)12/h3H,1-2H3,(H,14,15). The molecule has 0 atom stereocenters. The first kappa shape index (κ1) is 13.1. The summed E-state index contributed by atoms with van der Waals surface area (Å²) in [6, 6.07) is 1.09. The number of hydrogen-bond acceptors (Lipinski definition) is 4. The lowest BCUT2D eigenvalue weighted by molar-refractivity contribution is -0.276. The monoisotopic (exact) mass is 251 g/mol. The van der Waals surface area contributed by atoms with E-state index >= 15 is 0 Å². The lowest BCUT2D eigenvalue weighted by atomic mass is 10.2. The van der Waals surface area contributed by atoms with Gasteiger partial charge in [-0.25, -0.2) is 9.78 Å². The van der Waals surface area contributed by atoms with Crippen LogP contribution >= 0.6 is 0 Å². The molecule has 8 heteroatoms. The molecule has 0 saturated carbocycles. The third kappa shape index (κ3) is 3.23. The number of ether oxygens (including phenoxy) is 2. The second-order valence-electron chi connectivity index (χ2n) is 3.02. The van der Waals surface area contributed by atoms with Crippen LogP contribution in [0.3, 0.4) is 0 Å². The maximum Gasteiger partial charge on any atom is 0.574 e. The van der Waals surface area contributed by atoms with Crippen molar-refractivity contribution in [2.24, 2.45) is 0 Å². The summed E-state index contributed by atoms with van der Waals surface area (Å²) >= 11 is 0. The summed E-state index contributed by atoms with van der Waals surface area (Å²) in [6.07, 6.45) is -4.97. The number of carboxylic acids is 1. The molecule has 1 aromatic rings. The van der Waals surface area contributed by atoms with Crippen molar-refractivity contribution in [3.05, 3.63) is 17.3 Å². The lowest BCUT2D eigenvalue weighted by Crippen LogP contribution is -2.19. The van der Waals surface area contributed by atoms with E-state index in [2.05, 4.69) is 14.5 Å². The van der Waals surface area contributed by atoms with E-state index in [0.717, 1.165) is 13.2 Å². The fraction of sp³-hybridized carbons (Fsp3) is 0.333. The van der Waals surface area contributed by atoms with Gasteiger partial charge in [-0.3, -0.25) is 0 Å². The molecule has 0 bridgehead atoms. The van der Waals surface area contributed by atoms with Crippen molar-refractivity contribution in [1.29, 1.82) is 0 Å². The van der Waals surface area contributed by atoms with Gasteiger partial charge in [-0.15, -0.1) is 13.2 Å². The Balaban J connectivity index is 3.29. The van der Waals surface area contributed by atoms with Gasteiger partial charge in [0.25, 0.3) is 5.88 Å². The van der Waals surface area contributed by atoms with E-state index in [9.17, 15) is 18.0 Å². The molecule has 17 heavy (non-hydrogen) atoms. The fourth-order valence-electron chi connectivity index (χ4n) is 1.17. The van der Waals surface area contributed by atoms with E-state index in [-0.39, 0.29) is 11.3 Å². The maximum atomic E-state index is 12.1. The number of rotatable bonds is 3. The molecule has 0 unspecified atom stereocenters. The highest BCUT2D eigenvalue weighted by Gasteiger charge is 2.34. The summed E-state index contributed by atoms with van der Waals surface area (Å²) < 4.78 is 44.4. The van der Waals surface area contributed by atoms with E-state index in [1.165, 1.54) is 6.92 Å². The van der Waals surface area contributed by atoms with Gasteiger partial charge in [-0.05, 0) is 18.6 Å². The van der Waals surface area contributed by atoms with Crippen LogP contribution in [0.25, 0.3) is 0 Å². The van der Waals surface area contributed by atoms with Gasteiger partial charge in [-0.2, -0.15) is 0 Å². The Morgan fingerprint density at radius 3 is 2.47 bits per heavy atom. The number of methoxy groups -OCH3 is 1. The van der Waals surface area contributed by atoms with Gasteiger partial charge in [0.1, 0.15) is 0 Å². The maximum absolute atomic E-state index is 12.1. The van der Waals surface area contributed by atoms with E-state index in [0.29, 0.717) is 0 Å². The Kier molecular flexibility index (Phi) is 3.45. The van der Waals surface area contributed by atoms with E-state index in [4.69, 9.17) is 5.11 Å². The number of carboxylic acid groups (broad SMARTS) is 1. The van der Waals surface area contributed by atoms with E-state index in [1.807, 2.05) is 0 Å². The summed E-state index contributed by atoms with van der Waals surface area (Å²) in [4.78, 5) is 13.9. The molecule has 1 rings (SSSR count). The SMILES string of the molecule is COc1c(C)cc(C(=O)O)nc1OC(F)(F)F. The predicted octanol–water partition coefficient (Wildman–Crippen LogP) is 2.00. The predicted molar refractivity (Wildman–Crippen MR) is 49.2 cm³/mol. The molecule has 0 aliphatic rings. The highest BCUT2D eigenvalue weighted by molar-refractivity contribution is 5.86. The van der Waals surface area contributed by atoms with Crippen molar-refractivity contribution >= 4 is 5.97 Å². The normalized spacial score (nSPS) is 11.1. The summed E-state index contributed by atoms with van der Waals surface area (Å²) in [5.41, 5.74) is -0.373. The van der Waals surface area contributed by atoms with Crippen LogP contribution < -0.4 is 9.47 Å². The highest BCUT2D eigenvalue weighted by Crippen LogP contribution is 2.33. The van der Waals surface area contributed by atoms with E-state index < -0.39 is 23.9 Å². The topological polar surface area (TPSA) is 68.7 Å². The summed E-state index contributed by atoms with van der Waals surface area (Å²) in [6.45, 7) is 1.39. The van der Waals surface area contributed by atoms with Crippen molar-refractivity contribution in [3.63, 3.8) is 0 Å². The first-order valence-electron chi connectivity index (χ1n) is 4.29. The van der Waals surface area contributed by atoms with Crippen LogP contribution in [-0.2, 0) is 0 Å². The third-order valence-corrected chi connectivity index (χ3v) is 1.76. The molecule has 0 saturated heterocycles. The number of aromatic carboxylic acids is 1. The quantitative estimate of drug-likeness (QED) is 0.889. The fourth-order valence-corrected chi connectivity index (χ4v) is 1.17. The van der Waals surface area contributed by atoms with Crippen molar-refractivity contribution in [2.45, 2.75) is 13.3 Å². The average Bonchev–Trinajstić information content (AvgIpc) is 2.14. The Morgan fingerprint density at radius 1 is 1.47 bits per heavy atom. The van der Waals surface area contributed by atoms with Gasteiger partial charge in [0, 0.05) is 0 Å². The molecule has 5 nitrogen and oxygen atoms in total. The molecule has 1 heterocycles. The molecule has 0 aliphatic heterocycles. The van der Waals surface area contributed by atoms with E-state index in [1.54, 1.807) is 0 Å². The van der Waals surface area contributed by atoms with Crippen LogP contribution in [0.15, 0.2) is 6.07 Å². The molecular formula is C9H8F3NO4. The second-order valence-corrected chi connectivity index (χ2v) is 3.02. The smallest absolute Gasteiger partial charge is 0.491 e. The summed E-state index contributed by atoms with van der Waals surface area (Å²) in [5.74, 6) is -2.63. The zero-order chi connectivity index (χ0) is 13.2. The van der Waals surface area contributed by atoms with Gasteiger partial charge >= 0.3 is 12.3 Å². The van der Waals surface area contributed by atoms with Crippen molar-refractivity contribution < 1.29 is 32.5 Å². The van der Waals surface area contributed by atoms with Gasteiger partial charge < -0.3 is 14.6 Å². The Hall–Kier alpha value is -1.99. The minimum Gasteiger partial charge on any atom is -0.491 e. The lowest BCUT2D eigenvalue weighted by Gasteiger charge is -2.13. The molecule has 1 aromatic heterocycles. The van der Waals surface area contributed by atoms with Gasteiger partial charge in [0.2, 0.25) is 0 Å². The number of hydrogen-bond donors (Lipinski definition) is 1. The highest BCUT2D eigenvalue weighted by atomic mass is 19.4. The van der Waals surface area contributed by atoms with Crippen molar-refractivity contribution in [3.8, 4) is 11.6 Å². The van der Waals surface area contributed by atoms with Crippen LogP contribution in [0.1, 0.15) is 16.1 Å². The number of nitrogens with zero attached hydrogens (tertiary/aromatic N) is 1. The molecular weight excluding hydrogens is 243 g/mol. The summed E-state index contributed by atoms with van der Waals surface area (Å²) in [7, 11) is 1.13.